The maximum absolute atomic E-state index is 10.8. The van der Waals surface area contributed by atoms with Crippen LogP contribution in [-0.4, -0.2) is 23.4 Å². The molecule has 0 spiro atoms. The molecule has 0 saturated heterocycles. The highest BCUT2D eigenvalue weighted by Gasteiger charge is 2.03. The molecule has 3 nitrogen and oxygen atoms in total. The average molecular weight is 302 g/mol. The first-order valence-corrected chi connectivity index (χ1v) is 7.99. The third kappa shape index (κ3) is 5.52. The van der Waals surface area contributed by atoms with Crippen molar-refractivity contribution in [3.63, 3.8) is 0 Å². The van der Waals surface area contributed by atoms with Crippen LogP contribution in [0.2, 0.25) is 0 Å². The highest BCUT2D eigenvalue weighted by molar-refractivity contribution is 7.98. The van der Waals surface area contributed by atoms with Crippen molar-refractivity contribution < 1.29 is 14.6 Å². The summed E-state index contributed by atoms with van der Waals surface area (Å²) in [6.45, 7) is 0.602. The molecule has 0 heterocycles. The van der Waals surface area contributed by atoms with Crippen LogP contribution >= 0.6 is 11.8 Å². The Balaban J connectivity index is 1.64. The van der Waals surface area contributed by atoms with E-state index in [-0.39, 0.29) is 5.56 Å². The SMILES string of the molecule is O=C(O)c1cccc(OCCCSCc2ccccc2)c1. The highest BCUT2D eigenvalue weighted by Crippen LogP contribution is 2.15. The number of hydrogen-bond acceptors (Lipinski definition) is 3. The second-order valence-corrected chi connectivity index (χ2v) is 5.68. The molecule has 21 heavy (non-hydrogen) atoms. The highest BCUT2D eigenvalue weighted by atomic mass is 32.2. The summed E-state index contributed by atoms with van der Waals surface area (Å²) >= 11 is 1.88. The summed E-state index contributed by atoms with van der Waals surface area (Å²) in [7, 11) is 0. The predicted molar refractivity (Wildman–Crippen MR) is 86.1 cm³/mol. The molecule has 0 saturated carbocycles. The lowest BCUT2D eigenvalue weighted by molar-refractivity contribution is 0.0696. The monoisotopic (exact) mass is 302 g/mol. The quantitative estimate of drug-likeness (QED) is 0.746. The van der Waals surface area contributed by atoms with E-state index in [0.29, 0.717) is 12.4 Å². The van der Waals surface area contributed by atoms with Gasteiger partial charge in [0.15, 0.2) is 0 Å². The minimum absolute atomic E-state index is 0.256. The number of hydrogen-bond donors (Lipinski definition) is 1. The number of ether oxygens (including phenoxy) is 1. The van der Waals surface area contributed by atoms with E-state index in [0.717, 1.165) is 17.9 Å². The second kappa shape index (κ2) is 8.37. The molecule has 0 fully saturated rings. The molecule has 110 valence electrons. The molecule has 0 radical (unpaired) electrons. The predicted octanol–water partition coefficient (Wildman–Crippen LogP) is 4.09. The molecule has 0 aliphatic rings. The molecule has 2 aromatic carbocycles. The normalized spacial score (nSPS) is 10.3. The summed E-state index contributed by atoms with van der Waals surface area (Å²) in [4.78, 5) is 10.8. The van der Waals surface area contributed by atoms with Gasteiger partial charge in [-0.1, -0.05) is 36.4 Å². The van der Waals surface area contributed by atoms with Gasteiger partial charge in [0.25, 0.3) is 0 Å². The van der Waals surface area contributed by atoms with Gasteiger partial charge < -0.3 is 9.84 Å². The number of carboxylic acids is 1. The Bertz CT molecular complexity index is 569. The molecule has 0 unspecified atom stereocenters. The standard InChI is InChI=1S/C17H18O3S/c18-17(19)15-8-4-9-16(12-15)20-10-5-11-21-13-14-6-2-1-3-7-14/h1-4,6-9,12H,5,10-11,13H2,(H,18,19). The minimum atomic E-state index is -0.932. The summed E-state index contributed by atoms with van der Waals surface area (Å²) in [5, 5.41) is 8.90. The van der Waals surface area contributed by atoms with E-state index >= 15 is 0 Å². The van der Waals surface area contributed by atoms with Crippen molar-refractivity contribution >= 4 is 17.7 Å². The van der Waals surface area contributed by atoms with Crippen LogP contribution in [0.15, 0.2) is 54.6 Å². The molecule has 0 bridgehead atoms. The maximum atomic E-state index is 10.8. The Kier molecular flexibility index (Phi) is 6.16. The number of rotatable bonds is 8. The van der Waals surface area contributed by atoms with Crippen LogP contribution in [0.3, 0.4) is 0 Å². The van der Waals surface area contributed by atoms with Gasteiger partial charge in [0.2, 0.25) is 0 Å². The van der Waals surface area contributed by atoms with Gasteiger partial charge in [0.05, 0.1) is 12.2 Å². The topological polar surface area (TPSA) is 46.5 Å². The first-order chi connectivity index (χ1) is 10.3. The van der Waals surface area contributed by atoms with Crippen molar-refractivity contribution in [1.82, 2.24) is 0 Å². The Morgan fingerprint density at radius 3 is 2.67 bits per heavy atom. The van der Waals surface area contributed by atoms with Gasteiger partial charge in [-0.2, -0.15) is 11.8 Å². The first-order valence-electron chi connectivity index (χ1n) is 6.83. The third-order valence-electron chi connectivity index (χ3n) is 2.89. The fourth-order valence-electron chi connectivity index (χ4n) is 1.83. The Morgan fingerprint density at radius 2 is 1.90 bits per heavy atom. The molecule has 4 heteroatoms. The van der Waals surface area contributed by atoms with Gasteiger partial charge in [-0.25, -0.2) is 4.79 Å². The van der Waals surface area contributed by atoms with Crippen LogP contribution in [0, 0.1) is 0 Å². The van der Waals surface area contributed by atoms with E-state index in [1.165, 1.54) is 5.56 Å². The number of carbonyl (C=O) groups is 1. The number of benzene rings is 2. The van der Waals surface area contributed by atoms with E-state index < -0.39 is 5.97 Å². The van der Waals surface area contributed by atoms with Gasteiger partial charge in [-0.3, -0.25) is 0 Å². The minimum Gasteiger partial charge on any atom is -0.494 e. The van der Waals surface area contributed by atoms with Gasteiger partial charge >= 0.3 is 5.97 Å². The lowest BCUT2D eigenvalue weighted by Crippen LogP contribution is -2.01. The smallest absolute Gasteiger partial charge is 0.335 e. The average Bonchev–Trinajstić information content (AvgIpc) is 2.52. The first kappa shape index (κ1) is 15.4. The van der Waals surface area contributed by atoms with Gasteiger partial charge in [-0.05, 0) is 35.9 Å². The van der Waals surface area contributed by atoms with E-state index in [1.54, 1.807) is 24.3 Å². The van der Waals surface area contributed by atoms with Crippen molar-refractivity contribution in [1.29, 1.82) is 0 Å². The Hall–Kier alpha value is -1.94. The molecule has 0 aliphatic carbocycles. The summed E-state index contributed by atoms with van der Waals surface area (Å²) < 4.78 is 5.57. The Morgan fingerprint density at radius 1 is 1.10 bits per heavy atom. The molecule has 2 aromatic rings. The molecular formula is C17H18O3S. The number of carboxylic acid groups (broad SMARTS) is 1. The van der Waals surface area contributed by atoms with Crippen LogP contribution < -0.4 is 4.74 Å². The zero-order chi connectivity index (χ0) is 14.9. The molecule has 0 aliphatic heterocycles. The van der Waals surface area contributed by atoms with E-state index in [4.69, 9.17) is 9.84 Å². The molecule has 2 rings (SSSR count). The van der Waals surface area contributed by atoms with Crippen molar-refractivity contribution in [2.24, 2.45) is 0 Å². The van der Waals surface area contributed by atoms with Crippen LogP contribution in [0.4, 0.5) is 0 Å². The lowest BCUT2D eigenvalue weighted by Gasteiger charge is -2.07. The van der Waals surface area contributed by atoms with Crippen LogP contribution in [-0.2, 0) is 5.75 Å². The largest absolute Gasteiger partial charge is 0.494 e. The van der Waals surface area contributed by atoms with Crippen molar-refractivity contribution in [2.45, 2.75) is 12.2 Å². The molecular weight excluding hydrogens is 284 g/mol. The molecule has 0 aromatic heterocycles. The van der Waals surface area contributed by atoms with Crippen LogP contribution in [0.5, 0.6) is 5.75 Å². The van der Waals surface area contributed by atoms with Gasteiger partial charge in [-0.15, -0.1) is 0 Å². The van der Waals surface area contributed by atoms with Crippen LogP contribution in [0.25, 0.3) is 0 Å². The Labute approximate surface area is 129 Å². The van der Waals surface area contributed by atoms with E-state index in [1.807, 2.05) is 17.8 Å². The van der Waals surface area contributed by atoms with Crippen molar-refractivity contribution in [3.8, 4) is 5.75 Å². The summed E-state index contributed by atoms with van der Waals surface area (Å²) in [6.07, 6.45) is 0.939. The summed E-state index contributed by atoms with van der Waals surface area (Å²) in [6, 6.07) is 17.0. The molecule has 1 N–H and O–H groups in total. The summed E-state index contributed by atoms with van der Waals surface area (Å²) in [5.41, 5.74) is 1.59. The fraction of sp³-hybridized carbons (Fsp3) is 0.235. The van der Waals surface area contributed by atoms with Crippen molar-refractivity contribution in [3.05, 3.63) is 65.7 Å². The fourth-order valence-corrected chi connectivity index (χ4v) is 2.73. The maximum Gasteiger partial charge on any atom is 0.335 e. The zero-order valence-electron chi connectivity index (χ0n) is 11.7. The van der Waals surface area contributed by atoms with E-state index in [2.05, 4.69) is 24.3 Å². The van der Waals surface area contributed by atoms with Gasteiger partial charge in [0.1, 0.15) is 5.75 Å². The third-order valence-corrected chi connectivity index (χ3v) is 4.01. The van der Waals surface area contributed by atoms with E-state index in [9.17, 15) is 4.79 Å². The molecule has 0 atom stereocenters. The number of aromatic carboxylic acids is 1. The zero-order valence-corrected chi connectivity index (χ0v) is 12.5. The van der Waals surface area contributed by atoms with Gasteiger partial charge in [0, 0.05) is 5.75 Å². The second-order valence-electron chi connectivity index (χ2n) is 4.57. The lowest BCUT2D eigenvalue weighted by atomic mass is 10.2. The van der Waals surface area contributed by atoms with Crippen LogP contribution in [0.1, 0.15) is 22.3 Å². The summed E-state index contributed by atoms with van der Waals surface area (Å²) in [5.74, 6) is 1.71. The molecule has 0 amide bonds. The van der Waals surface area contributed by atoms with Crippen molar-refractivity contribution in [2.75, 3.05) is 12.4 Å². The number of thioether (sulfide) groups is 1.